The van der Waals surface area contributed by atoms with Gasteiger partial charge in [-0.05, 0) is 32.1 Å². The van der Waals surface area contributed by atoms with Crippen LogP contribution in [0.25, 0.3) is 5.70 Å². The lowest BCUT2D eigenvalue weighted by atomic mass is 10.1. The van der Waals surface area contributed by atoms with Crippen LogP contribution >= 0.6 is 0 Å². The minimum absolute atomic E-state index is 1.10. The van der Waals surface area contributed by atoms with Gasteiger partial charge in [0.05, 0.1) is 11.5 Å². The lowest BCUT2D eigenvalue weighted by Crippen LogP contribution is -2.58. The van der Waals surface area contributed by atoms with Crippen molar-refractivity contribution in [2.24, 2.45) is 0 Å². The Balaban J connectivity index is 3.60. The highest BCUT2D eigenvalue weighted by atomic mass is 28.4. The van der Waals surface area contributed by atoms with Gasteiger partial charge in [-0.3, -0.25) is 0 Å². The zero-order valence-electron chi connectivity index (χ0n) is 16.7. The molecule has 0 amide bonds. The summed E-state index contributed by atoms with van der Waals surface area (Å²) in [6.45, 7) is 23.6. The summed E-state index contributed by atoms with van der Waals surface area (Å²) in [6.07, 6.45) is 0. The van der Waals surface area contributed by atoms with Gasteiger partial charge < -0.3 is 8.66 Å². The minimum Gasteiger partial charge on any atom is -0.546 e. The van der Waals surface area contributed by atoms with E-state index in [4.69, 9.17) is 4.43 Å². The van der Waals surface area contributed by atoms with Gasteiger partial charge >= 0.3 is 0 Å². The van der Waals surface area contributed by atoms with E-state index in [0.717, 1.165) is 5.76 Å². The van der Waals surface area contributed by atoms with Gasteiger partial charge in [0.1, 0.15) is 16.5 Å². The van der Waals surface area contributed by atoms with Crippen molar-refractivity contribution in [3.63, 3.8) is 0 Å². The van der Waals surface area contributed by atoms with Crippen molar-refractivity contribution in [2.45, 2.75) is 65.8 Å². The third-order valence-corrected chi connectivity index (χ3v) is 11.5. The predicted octanol–water partition coefficient (Wildman–Crippen LogP) is 6.20. The summed E-state index contributed by atoms with van der Waals surface area (Å²) < 4.78 is 9.22. The third-order valence-electron chi connectivity index (χ3n) is 3.41. The molecule has 0 aliphatic heterocycles. The Bertz CT molecular complexity index is 534. The monoisotopic (exact) mass is 365 g/mol. The third kappa shape index (κ3) is 5.97. The Kier molecular flexibility index (Phi) is 6.15. The molecule has 0 saturated heterocycles. The normalized spacial score (nSPS) is 14.3. The van der Waals surface area contributed by atoms with Crippen LogP contribution in [0.4, 0.5) is 0 Å². The minimum atomic E-state index is -1.63. The van der Waals surface area contributed by atoms with Crippen LogP contribution in [0.1, 0.15) is 12.5 Å². The van der Waals surface area contributed by atoms with Crippen LogP contribution in [0.5, 0.6) is 0 Å². The maximum atomic E-state index is 6.45. The van der Waals surface area contributed by atoms with E-state index >= 15 is 0 Å². The first kappa shape index (κ1) is 20.3. The van der Waals surface area contributed by atoms with Crippen LogP contribution in [0, 0.1) is 0 Å². The van der Waals surface area contributed by atoms with E-state index in [1.165, 1.54) is 11.3 Å². The Morgan fingerprint density at radius 1 is 0.783 bits per heavy atom. The molecule has 0 saturated carbocycles. The fraction of sp³-hybridized carbons (Fsp3) is 0.556. The van der Waals surface area contributed by atoms with Gasteiger partial charge in [-0.15, -0.1) is 0 Å². The molecular weight excluding hydrogens is 330 g/mol. The SMILES string of the molecule is C/C(O[Si](C)(C)C)=C(\c1ccccc1)N([Si](C)(C)C)[Si](C)(C)C. The average Bonchev–Trinajstić information content (AvgIpc) is 2.31. The molecule has 0 heterocycles. The standard InChI is InChI=1S/C18H35NOSi3/c1-16(20-23(8,9)10)18(17-14-12-11-13-15-17)19(21(2,3)4)22(5,6)7/h11-15H,1-10H3/b18-16-. The molecule has 0 fully saturated rings. The maximum absolute atomic E-state index is 6.45. The highest BCUT2D eigenvalue weighted by Crippen LogP contribution is 2.34. The summed E-state index contributed by atoms with van der Waals surface area (Å²) in [4.78, 5) is 0. The quantitative estimate of drug-likeness (QED) is 0.439. The van der Waals surface area contributed by atoms with Crippen LogP contribution in [0.2, 0.25) is 58.9 Å². The van der Waals surface area contributed by atoms with Crippen molar-refractivity contribution < 1.29 is 4.43 Å². The van der Waals surface area contributed by atoms with Crippen molar-refractivity contribution in [3.05, 3.63) is 41.7 Å². The maximum Gasteiger partial charge on any atom is 0.241 e. The molecule has 0 aromatic heterocycles. The van der Waals surface area contributed by atoms with E-state index < -0.39 is 24.8 Å². The molecule has 0 bridgehead atoms. The lowest BCUT2D eigenvalue weighted by molar-refractivity contribution is 0.421. The first-order valence-electron chi connectivity index (χ1n) is 8.49. The first-order chi connectivity index (χ1) is 10.2. The van der Waals surface area contributed by atoms with Crippen LogP contribution in [0.3, 0.4) is 0 Å². The molecule has 0 spiro atoms. The largest absolute Gasteiger partial charge is 0.546 e. The number of hydrogen-bond acceptors (Lipinski definition) is 2. The summed E-state index contributed by atoms with van der Waals surface area (Å²) in [5.41, 5.74) is 2.61. The van der Waals surface area contributed by atoms with E-state index in [2.05, 4.69) is 100 Å². The molecule has 1 aromatic carbocycles. The molecule has 23 heavy (non-hydrogen) atoms. The summed E-state index contributed by atoms with van der Waals surface area (Å²) in [7, 11) is -4.70. The lowest BCUT2D eigenvalue weighted by Gasteiger charge is -2.48. The average molecular weight is 366 g/mol. The topological polar surface area (TPSA) is 12.5 Å². The highest BCUT2D eigenvalue weighted by Gasteiger charge is 2.38. The summed E-state index contributed by atoms with van der Waals surface area (Å²) in [6, 6.07) is 10.8. The Hall–Kier alpha value is -0.789. The summed E-state index contributed by atoms with van der Waals surface area (Å²) >= 11 is 0. The fourth-order valence-electron chi connectivity index (χ4n) is 3.27. The van der Waals surface area contributed by atoms with Gasteiger partial charge in [0, 0.05) is 0 Å². The van der Waals surface area contributed by atoms with E-state index in [1.54, 1.807) is 0 Å². The molecule has 0 unspecified atom stereocenters. The van der Waals surface area contributed by atoms with E-state index in [1.807, 2.05) is 0 Å². The zero-order valence-corrected chi connectivity index (χ0v) is 19.7. The Morgan fingerprint density at radius 2 is 1.22 bits per heavy atom. The van der Waals surface area contributed by atoms with Crippen LogP contribution in [-0.4, -0.2) is 29.0 Å². The Morgan fingerprint density at radius 3 is 1.57 bits per heavy atom. The number of nitrogens with zero attached hydrogens (tertiary/aromatic N) is 1. The number of allylic oxidation sites excluding steroid dienone is 1. The fourth-order valence-corrected chi connectivity index (χ4v) is 14.3. The molecule has 5 heteroatoms. The molecular formula is C18H35NOSi3. The smallest absolute Gasteiger partial charge is 0.241 e. The van der Waals surface area contributed by atoms with Crippen LogP contribution in [0.15, 0.2) is 36.1 Å². The van der Waals surface area contributed by atoms with Gasteiger partial charge in [-0.1, -0.05) is 69.6 Å². The van der Waals surface area contributed by atoms with Gasteiger partial charge in [0.25, 0.3) is 0 Å². The number of rotatable bonds is 6. The molecule has 0 aliphatic carbocycles. The van der Waals surface area contributed by atoms with E-state index in [-0.39, 0.29) is 0 Å². The second-order valence-corrected chi connectivity index (χ2v) is 23.6. The molecule has 0 N–H and O–H groups in total. The second-order valence-electron chi connectivity index (χ2n) is 9.16. The van der Waals surface area contributed by atoms with Crippen LogP contribution in [-0.2, 0) is 4.43 Å². The molecule has 130 valence electrons. The zero-order chi connectivity index (χ0) is 18.1. The van der Waals surface area contributed by atoms with Gasteiger partial charge in [0.2, 0.25) is 8.32 Å². The molecule has 0 atom stereocenters. The number of hydrogen-bond donors (Lipinski definition) is 0. The van der Waals surface area contributed by atoms with Crippen molar-refractivity contribution in [1.29, 1.82) is 0 Å². The van der Waals surface area contributed by atoms with Crippen LogP contribution < -0.4 is 0 Å². The highest BCUT2D eigenvalue weighted by molar-refractivity contribution is 6.91. The molecule has 0 aliphatic rings. The van der Waals surface area contributed by atoms with E-state index in [9.17, 15) is 0 Å². The van der Waals surface area contributed by atoms with Gasteiger partial charge in [0.15, 0.2) is 0 Å². The first-order valence-corrected chi connectivity index (χ1v) is 18.8. The van der Waals surface area contributed by atoms with Gasteiger partial charge in [-0.2, -0.15) is 0 Å². The van der Waals surface area contributed by atoms with Crippen molar-refractivity contribution in [2.75, 3.05) is 0 Å². The van der Waals surface area contributed by atoms with E-state index in [0.29, 0.717) is 0 Å². The Labute approximate surface area is 146 Å². The predicted molar refractivity (Wildman–Crippen MR) is 112 cm³/mol. The van der Waals surface area contributed by atoms with Crippen molar-refractivity contribution >= 4 is 30.5 Å². The van der Waals surface area contributed by atoms with Crippen molar-refractivity contribution in [3.8, 4) is 0 Å². The number of benzene rings is 1. The summed E-state index contributed by atoms with van der Waals surface area (Å²) in [5, 5.41) is 0. The molecule has 1 rings (SSSR count). The molecule has 1 aromatic rings. The van der Waals surface area contributed by atoms with Crippen molar-refractivity contribution in [1.82, 2.24) is 4.23 Å². The molecule has 0 radical (unpaired) electrons. The second kappa shape index (κ2) is 6.99. The summed E-state index contributed by atoms with van der Waals surface area (Å²) in [5.74, 6) is 1.10. The van der Waals surface area contributed by atoms with Gasteiger partial charge in [-0.25, -0.2) is 0 Å². The molecule has 2 nitrogen and oxygen atoms in total.